The molecule has 2 fully saturated rings. The van der Waals surface area contributed by atoms with Crippen molar-refractivity contribution in [2.24, 2.45) is 4.99 Å². The first-order valence-electron chi connectivity index (χ1n) is 20.2. The summed E-state index contributed by atoms with van der Waals surface area (Å²) < 4.78 is 2.70. The fourth-order valence-electron chi connectivity index (χ4n) is 8.51. The van der Waals surface area contributed by atoms with Crippen molar-refractivity contribution in [1.82, 2.24) is 4.98 Å². The Morgan fingerprint density at radius 2 is 1.46 bits per heavy atom. The maximum Gasteiger partial charge on any atom is 0.0632 e. The van der Waals surface area contributed by atoms with Gasteiger partial charge in [-0.1, -0.05) is 165 Å². The standard InChI is InChI=1S/C32H28NS.C17H29N2.Ir/c1-19(2)22-14-10-15-25-28-29(33-27-16-9-8-13-24(27)31(28)34-30(22)25)21-17-20-11-6-7-12-23(20)26(18-21)32(3,4)5;1-14(18-16-9-5-3-6-10-16)13-15(2)19-17-11-7-4-8-12-17;/h6-16,18-19H,1-5H3;13,16-17H,3-12H2,1-2H3;/q2*-1;/b;14-13-,19-15?;. The summed E-state index contributed by atoms with van der Waals surface area (Å²) >= 11 is 1.91. The van der Waals surface area contributed by atoms with Gasteiger partial charge in [0.15, 0.2) is 0 Å². The molecule has 2 saturated carbocycles. The maximum absolute atomic E-state index is 5.28. The van der Waals surface area contributed by atoms with Gasteiger partial charge in [-0.25, -0.2) is 0 Å². The summed E-state index contributed by atoms with van der Waals surface area (Å²) in [7, 11) is 0. The Labute approximate surface area is 341 Å². The van der Waals surface area contributed by atoms with Crippen LogP contribution >= 0.6 is 11.3 Å². The van der Waals surface area contributed by atoms with Crippen LogP contribution in [0.4, 0.5) is 0 Å². The van der Waals surface area contributed by atoms with Crippen LogP contribution in [0.1, 0.15) is 130 Å². The van der Waals surface area contributed by atoms with Crippen molar-refractivity contribution in [2.45, 2.75) is 136 Å². The second kappa shape index (κ2) is 17.6. The molecule has 6 aromatic rings. The molecule has 3 nitrogen and oxygen atoms in total. The minimum atomic E-state index is 0. The van der Waals surface area contributed by atoms with Crippen LogP contribution in [0.2, 0.25) is 0 Å². The number of aromatic nitrogens is 1. The molecule has 8 rings (SSSR count). The topological polar surface area (TPSA) is 39.4 Å². The normalized spacial score (nSPS) is 16.5. The molecule has 1 radical (unpaired) electrons. The van der Waals surface area contributed by atoms with Gasteiger partial charge in [0.05, 0.1) is 11.6 Å². The summed E-state index contributed by atoms with van der Waals surface area (Å²) in [4.78, 5) is 10.1. The largest absolute Gasteiger partial charge is 0.685 e. The molecule has 0 amide bonds. The van der Waals surface area contributed by atoms with Gasteiger partial charge >= 0.3 is 0 Å². The number of hydrogen-bond donors (Lipinski definition) is 0. The van der Waals surface area contributed by atoms with Crippen LogP contribution in [0.15, 0.2) is 89.6 Å². The average Bonchev–Trinajstić information content (AvgIpc) is 3.55. The van der Waals surface area contributed by atoms with E-state index >= 15 is 0 Å². The summed E-state index contributed by atoms with van der Waals surface area (Å²) in [5.74, 6) is 0.471. The Balaban J connectivity index is 0.000000213. The van der Waals surface area contributed by atoms with Gasteiger partial charge in [0.2, 0.25) is 0 Å². The quantitative estimate of drug-likeness (QED) is 0.121. The molecule has 0 N–H and O–H groups in total. The minimum Gasteiger partial charge on any atom is -0.685 e. The Morgan fingerprint density at radius 3 is 2.17 bits per heavy atom. The van der Waals surface area contributed by atoms with Crippen LogP contribution < -0.4 is 0 Å². The second-order valence-electron chi connectivity index (χ2n) is 16.8. The predicted octanol–water partition coefficient (Wildman–Crippen LogP) is 15.0. The van der Waals surface area contributed by atoms with E-state index in [1.807, 2.05) is 11.3 Å². The molecule has 54 heavy (non-hydrogen) atoms. The van der Waals surface area contributed by atoms with E-state index in [4.69, 9.17) is 15.3 Å². The molecule has 285 valence electrons. The zero-order valence-corrected chi connectivity index (χ0v) is 36.6. The van der Waals surface area contributed by atoms with Crippen molar-refractivity contribution in [3.63, 3.8) is 0 Å². The Morgan fingerprint density at radius 1 is 0.815 bits per heavy atom. The molecule has 0 saturated heterocycles. The molecule has 0 atom stereocenters. The van der Waals surface area contributed by atoms with Gasteiger partial charge in [-0.15, -0.1) is 46.5 Å². The monoisotopic (exact) mass is 912 g/mol. The molecular weight excluding hydrogens is 855 g/mol. The molecule has 0 spiro atoms. The Kier molecular flexibility index (Phi) is 13.1. The van der Waals surface area contributed by atoms with Gasteiger partial charge in [-0.2, -0.15) is 5.70 Å². The van der Waals surface area contributed by atoms with Gasteiger partial charge in [0.25, 0.3) is 0 Å². The molecule has 0 unspecified atom stereocenters. The molecule has 4 aromatic carbocycles. The third kappa shape index (κ3) is 9.01. The molecule has 2 aromatic heterocycles. The summed E-state index contributed by atoms with van der Waals surface area (Å²) in [6.07, 6.45) is 15.5. The van der Waals surface area contributed by atoms with E-state index in [0.29, 0.717) is 18.0 Å². The van der Waals surface area contributed by atoms with E-state index in [1.54, 1.807) is 0 Å². The van der Waals surface area contributed by atoms with E-state index in [9.17, 15) is 0 Å². The fraction of sp³-hybridized carbons (Fsp3) is 0.429. The molecule has 2 aliphatic rings. The van der Waals surface area contributed by atoms with E-state index in [0.717, 1.165) is 22.2 Å². The number of allylic oxidation sites excluding steroid dienone is 2. The van der Waals surface area contributed by atoms with Crippen molar-refractivity contribution >= 4 is 58.9 Å². The SMILES string of the molecule is CC(/C=C(/C)[N-]C1CCCCC1)=NC1CCCCC1.CC(C)c1cccc2c1sc1c3ccccc3nc(-c3[c-]c4ccccc4c(C(C)(C)C)c3)c21.[Ir]. The number of aliphatic imine (C=N–C) groups is 1. The van der Waals surface area contributed by atoms with E-state index in [2.05, 4.69) is 133 Å². The number of rotatable bonds is 6. The molecule has 0 bridgehead atoms. The fourth-order valence-corrected chi connectivity index (χ4v) is 10.0. The third-order valence-electron chi connectivity index (χ3n) is 11.2. The predicted molar refractivity (Wildman–Crippen MR) is 233 cm³/mol. The number of pyridine rings is 1. The number of hydrogen-bond acceptors (Lipinski definition) is 3. The van der Waals surface area contributed by atoms with Gasteiger partial charge < -0.3 is 5.32 Å². The first kappa shape index (κ1) is 40.3. The molecule has 2 heterocycles. The molecular formula is C49H57IrN3S-2. The molecule has 0 aliphatic heterocycles. The number of benzene rings is 4. The van der Waals surface area contributed by atoms with Gasteiger partial charge in [0, 0.05) is 46.3 Å². The zero-order chi connectivity index (χ0) is 37.1. The summed E-state index contributed by atoms with van der Waals surface area (Å²) in [6, 6.07) is 31.1. The van der Waals surface area contributed by atoms with Crippen LogP contribution in [0.5, 0.6) is 0 Å². The van der Waals surface area contributed by atoms with E-state index in [1.165, 1.54) is 118 Å². The maximum atomic E-state index is 5.28. The van der Waals surface area contributed by atoms with Crippen molar-refractivity contribution in [3.8, 4) is 11.3 Å². The minimum absolute atomic E-state index is 0. The summed E-state index contributed by atoms with van der Waals surface area (Å²) in [5.41, 5.74) is 8.26. The van der Waals surface area contributed by atoms with Crippen molar-refractivity contribution in [2.75, 3.05) is 0 Å². The van der Waals surface area contributed by atoms with Crippen molar-refractivity contribution in [1.29, 1.82) is 0 Å². The number of thiophene rings is 1. The van der Waals surface area contributed by atoms with E-state index < -0.39 is 0 Å². The van der Waals surface area contributed by atoms with Crippen LogP contribution in [0.3, 0.4) is 0 Å². The first-order valence-corrected chi connectivity index (χ1v) is 21.0. The van der Waals surface area contributed by atoms with Crippen molar-refractivity contribution in [3.05, 3.63) is 107 Å². The Bertz CT molecular complexity index is 2280. The second-order valence-corrected chi connectivity index (χ2v) is 17.8. The first-order chi connectivity index (χ1) is 25.6. The summed E-state index contributed by atoms with van der Waals surface area (Å²) in [6.45, 7) is 15.7. The van der Waals surface area contributed by atoms with E-state index in [-0.39, 0.29) is 25.5 Å². The molecule has 5 heteroatoms. The average molecular weight is 912 g/mol. The number of nitrogens with zero attached hydrogens (tertiary/aromatic N) is 3. The zero-order valence-electron chi connectivity index (χ0n) is 33.4. The third-order valence-corrected chi connectivity index (χ3v) is 12.5. The Hall–Kier alpha value is -3.37. The van der Waals surface area contributed by atoms with Crippen LogP contribution in [0.25, 0.3) is 58.4 Å². The summed E-state index contributed by atoms with van der Waals surface area (Å²) in [5, 5.41) is 11.1. The van der Waals surface area contributed by atoms with Crippen molar-refractivity contribution < 1.29 is 20.1 Å². The van der Waals surface area contributed by atoms with Crippen LogP contribution in [-0.2, 0) is 25.5 Å². The van der Waals surface area contributed by atoms with Gasteiger partial charge in [0.1, 0.15) is 0 Å². The van der Waals surface area contributed by atoms with Crippen LogP contribution in [-0.4, -0.2) is 22.8 Å². The van der Waals surface area contributed by atoms with Gasteiger partial charge in [-0.3, -0.25) is 9.98 Å². The van der Waals surface area contributed by atoms with Crippen LogP contribution in [0, 0.1) is 6.07 Å². The van der Waals surface area contributed by atoms with Gasteiger partial charge in [-0.05, 0) is 53.5 Å². The molecule has 2 aliphatic carbocycles. The number of para-hydroxylation sites is 1. The number of fused-ring (bicyclic) bond motifs is 6. The smallest absolute Gasteiger partial charge is 0.0632 e.